The van der Waals surface area contributed by atoms with Gasteiger partial charge in [-0.15, -0.1) is 0 Å². The predicted molar refractivity (Wildman–Crippen MR) is 96.4 cm³/mol. The molecule has 2 amide bonds. The summed E-state index contributed by atoms with van der Waals surface area (Å²) in [6.07, 6.45) is 0.762. The monoisotopic (exact) mass is 357 g/mol. The lowest BCUT2D eigenvalue weighted by Crippen LogP contribution is -2.33. The van der Waals surface area contributed by atoms with Gasteiger partial charge in [0.25, 0.3) is 5.91 Å². The maximum Gasteiger partial charge on any atom is 0.311 e. The highest BCUT2D eigenvalue weighted by molar-refractivity contribution is 6.00. The van der Waals surface area contributed by atoms with E-state index in [9.17, 15) is 19.7 Å². The fraction of sp³-hybridized carbons (Fsp3) is 0.222. The minimum absolute atomic E-state index is 0.0560. The zero-order valence-electron chi connectivity index (χ0n) is 14.4. The van der Waals surface area contributed by atoms with E-state index in [1.54, 1.807) is 6.07 Å². The van der Waals surface area contributed by atoms with E-state index in [-0.39, 0.29) is 29.5 Å². The largest absolute Gasteiger partial charge is 0.490 e. The fourth-order valence-electron chi connectivity index (χ4n) is 2.38. The van der Waals surface area contributed by atoms with Gasteiger partial charge in [-0.2, -0.15) is 0 Å². The molecule has 0 bridgehead atoms. The quantitative estimate of drug-likeness (QED) is 0.584. The van der Waals surface area contributed by atoms with Crippen LogP contribution in [0.5, 0.6) is 5.75 Å². The fourth-order valence-corrected chi connectivity index (χ4v) is 2.38. The molecule has 136 valence electrons. The van der Waals surface area contributed by atoms with Gasteiger partial charge in [-0.05, 0) is 30.2 Å². The Hall–Kier alpha value is -3.42. The molecule has 0 aliphatic rings. The van der Waals surface area contributed by atoms with E-state index in [1.165, 1.54) is 19.2 Å². The van der Waals surface area contributed by atoms with E-state index in [0.29, 0.717) is 5.69 Å². The number of rotatable bonds is 7. The van der Waals surface area contributed by atoms with Crippen molar-refractivity contribution in [2.75, 3.05) is 19.0 Å². The van der Waals surface area contributed by atoms with Gasteiger partial charge in [-0.25, -0.2) is 0 Å². The third kappa shape index (κ3) is 4.56. The predicted octanol–water partition coefficient (Wildman–Crippen LogP) is 2.53. The molecular formula is C18H19N3O5. The number of anilines is 1. The van der Waals surface area contributed by atoms with Gasteiger partial charge in [0.2, 0.25) is 5.91 Å². The molecule has 2 rings (SSSR count). The number of carbonyl (C=O) groups excluding carboxylic acids is 2. The van der Waals surface area contributed by atoms with Gasteiger partial charge in [0.15, 0.2) is 5.75 Å². The molecule has 8 heteroatoms. The van der Waals surface area contributed by atoms with Crippen LogP contribution in [0.4, 0.5) is 11.4 Å². The molecule has 0 saturated heterocycles. The number of nitro groups is 1. The summed E-state index contributed by atoms with van der Waals surface area (Å²) < 4.78 is 4.89. The van der Waals surface area contributed by atoms with Crippen molar-refractivity contribution in [2.45, 2.75) is 13.3 Å². The molecular weight excluding hydrogens is 338 g/mol. The summed E-state index contributed by atoms with van der Waals surface area (Å²) in [7, 11) is 1.31. The van der Waals surface area contributed by atoms with Gasteiger partial charge < -0.3 is 15.4 Å². The van der Waals surface area contributed by atoms with Crippen molar-refractivity contribution in [3.63, 3.8) is 0 Å². The number of carbonyl (C=O) groups is 2. The Kier molecular flexibility index (Phi) is 6.26. The Morgan fingerprint density at radius 2 is 1.92 bits per heavy atom. The molecule has 0 aliphatic carbocycles. The second-order valence-corrected chi connectivity index (χ2v) is 5.39. The summed E-state index contributed by atoms with van der Waals surface area (Å²) in [6, 6.07) is 11.2. The third-order valence-corrected chi connectivity index (χ3v) is 3.72. The van der Waals surface area contributed by atoms with E-state index in [1.807, 2.05) is 25.1 Å². The molecule has 0 fully saturated rings. The normalized spacial score (nSPS) is 10.1. The highest BCUT2D eigenvalue weighted by atomic mass is 16.6. The summed E-state index contributed by atoms with van der Waals surface area (Å²) >= 11 is 0. The van der Waals surface area contributed by atoms with Crippen LogP contribution in [0.25, 0.3) is 0 Å². The number of nitrogens with one attached hydrogen (secondary N) is 2. The molecule has 0 heterocycles. The maximum atomic E-state index is 12.1. The van der Waals surface area contributed by atoms with E-state index >= 15 is 0 Å². The number of nitrogens with zero attached hydrogens (tertiary/aromatic N) is 1. The molecule has 2 aromatic carbocycles. The van der Waals surface area contributed by atoms with Gasteiger partial charge in [0.05, 0.1) is 18.6 Å². The molecule has 2 aromatic rings. The first-order valence-electron chi connectivity index (χ1n) is 7.94. The second kappa shape index (κ2) is 8.61. The lowest BCUT2D eigenvalue weighted by molar-refractivity contribution is -0.385. The maximum absolute atomic E-state index is 12.1. The Morgan fingerprint density at radius 1 is 1.19 bits per heavy atom. The Labute approximate surface area is 150 Å². The first-order valence-corrected chi connectivity index (χ1v) is 7.94. The van der Waals surface area contributed by atoms with E-state index < -0.39 is 10.8 Å². The SMILES string of the molecule is CCc1ccccc1NC(=O)CNC(=O)c1ccc(OC)c([N+](=O)[O-])c1. The van der Waals surface area contributed by atoms with Crippen LogP contribution < -0.4 is 15.4 Å². The summed E-state index contributed by atoms with van der Waals surface area (Å²) in [5.41, 5.74) is 1.42. The van der Waals surface area contributed by atoms with Gasteiger partial charge in [-0.3, -0.25) is 19.7 Å². The molecule has 0 radical (unpaired) electrons. The zero-order valence-corrected chi connectivity index (χ0v) is 14.4. The summed E-state index contributed by atoms with van der Waals surface area (Å²) in [5.74, 6) is -0.919. The van der Waals surface area contributed by atoms with Crippen LogP contribution in [0, 0.1) is 10.1 Å². The van der Waals surface area contributed by atoms with Crippen LogP contribution >= 0.6 is 0 Å². The number of amides is 2. The van der Waals surface area contributed by atoms with Gasteiger partial charge >= 0.3 is 5.69 Å². The number of para-hydroxylation sites is 1. The average Bonchev–Trinajstić information content (AvgIpc) is 2.65. The van der Waals surface area contributed by atoms with Crippen molar-refractivity contribution in [1.29, 1.82) is 0 Å². The van der Waals surface area contributed by atoms with Crippen molar-refractivity contribution in [3.8, 4) is 5.75 Å². The lowest BCUT2D eigenvalue weighted by Gasteiger charge is -2.10. The number of benzene rings is 2. The molecule has 0 unspecified atom stereocenters. The first kappa shape index (κ1) is 18.9. The highest BCUT2D eigenvalue weighted by Crippen LogP contribution is 2.27. The minimum Gasteiger partial charge on any atom is -0.490 e. The molecule has 0 aromatic heterocycles. The number of hydrogen-bond donors (Lipinski definition) is 2. The Bertz CT molecular complexity index is 835. The molecule has 2 N–H and O–H groups in total. The number of nitro benzene ring substituents is 1. The van der Waals surface area contributed by atoms with Gasteiger partial charge in [0.1, 0.15) is 0 Å². The van der Waals surface area contributed by atoms with Crippen molar-refractivity contribution in [3.05, 3.63) is 63.7 Å². The molecule has 26 heavy (non-hydrogen) atoms. The van der Waals surface area contributed by atoms with E-state index in [0.717, 1.165) is 18.1 Å². The third-order valence-electron chi connectivity index (χ3n) is 3.72. The zero-order chi connectivity index (χ0) is 19.1. The topological polar surface area (TPSA) is 111 Å². The second-order valence-electron chi connectivity index (χ2n) is 5.39. The standard InChI is InChI=1S/C18H19N3O5/c1-3-12-6-4-5-7-14(12)20-17(22)11-19-18(23)13-8-9-16(26-2)15(10-13)21(24)25/h4-10H,3,11H2,1-2H3,(H,19,23)(H,20,22). The lowest BCUT2D eigenvalue weighted by atomic mass is 10.1. The Morgan fingerprint density at radius 3 is 2.58 bits per heavy atom. The summed E-state index contributed by atoms with van der Waals surface area (Å²) in [4.78, 5) is 34.6. The van der Waals surface area contributed by atoms with Crippen LogP contribution in [0.3, 0.4) is 0 Å². The number of aryl methyl sites for hydroxylation is 1. The van der Waals surface area contributed by atoms with Gasteiger partial charge in [-0.1, -0.05) is 25.1 Å². The van der Waals surface area contributed by atoms with Crippen molar-refractivity contribution >= 4 is 23.2 Å². The van der Waals surface area contributed by atoms with Crippen LogP contribution in [-0.2, 0) is 11.2 Å². The first-order chi connectivity index (χ1) is 12.5. The molecule has 0 saturated carbocycles. The van der Waals surface area contributed by atoms with Gasteiger partial charge in [0, 0.05) is 17.3 Å². The molecule has 0 spiro atoms. The Balaban J connectivity index is 2.01. The minimum atomic E-state index is -0.635. The number of hydrogen-bond acceptors (Lipinski definition) is 5. The molecule has 8 nitrogen and oxygen atoms in total. The van der Waals surface area contributed by atoms with Crippen LogP contribution in [0.15, 0.2) is 42.5 Å². The molecule has 0 atom stereocenters. The molecule has 0 aliphatic heterocycles. The smallest absolute Gasteiger partial charge is 0.311 e. The number of methoxy groups -OCH3 is 1. The van der Waals surface area contributed by atoms with Crippen LogP contribution in [0.2, 0.25) is 0 Å². The van der Waals surface area contributed by atoms with Crippen LogP contribution in [-0.4, -0.2) is 30.4 Å². The highest BCUT2D eigenvalue weighted by Gasteiger charge is 2.18. The van der Waals surface area contributed by atoms with Crippen molar-refractivity contribution in [1.82, 2.24) is 5.32 Å². The van der Waals surface area contributed by atoms with Crippen molar-refractivity contribution < 1.29 is 19.2 Å². The average molecular weight is 357 g/mol. The van der Waals surface area contributed by atoms with Crippen LogP contribution in [0.1, 0.15) is 22.8 Å². The van der Waals surface area contributed by atoms with Crippen molar-refractivity contribution in [2.24, 2.45) is 0 Å². The summed E-state index contributed by atoms with van der Waals surface area (Å²) in [6.45, 7) is 1.72. The van der Waals surface area contributed by atoms with E-state index in [4.69, 9.17) is 4.74 Å². The number of ether oxygens (including phenoxy) is 1. The summed E-state index contributed by atoms with van der Waals surface area (Å²) in [5, 5.41) is 16.2. The van der Waals surface area contributed by atoms with E-state index in [2.05, 4.69) is 10.6 Å².